The van der Waals surface area contributed by atoms with Gasteiger partial charge >= 0.3 is 0 Å². The summed E-state index contributed by atoms with van der Waals surface area (Å²) in [6, 6.07) is 12.1. The number of aromatic nitrogens is 2. The number of rotatable bonds is 4. The number of anilines is 1. The molecule has 3 rings (SSSR count). The van der Waals surface area contributed by atoms with Crippen LogP contribution in [0.2, 0.25) is 0 Å². The van der Waals surface area contributed by atoms with Gasteiger partial charge in [-0.05, 0) is 30.7 Å². The van der Waals surface area contributed by atoms with E-state index in [9.17, 15) is 0 Å². The van der Waals surface area contributed by atoms with Crippen molar-refractivity contribution in [2.45, 2.75) is 17.6 Å². The van der Waals surface area contributed by atoms with Crippen molar-refractivity contribution in [3.8, 4) is 10.8 Å². The molecule has 0 unspecified atom stereocenters. The lowest BCUT2D eigenvalue weighted by Gasteiger charge is -1.96. The lowest BCUT2D eigenvalue weighted by molar-refractivity contribution is 0.426. The smallest absolute Gasteiger partial charge is 0.268 e. The molecule has 0 saturated heterocycles. The highest BCUT2D eigenvalue weighted by Crippen LogP contribution is 2.33. The lowest BCUT2D eigenvalue weighted by atomic mass is 10.3. The standard InChI is InChI=1S/C14H13N3OS2/c1-9-7-11(15)20-13(9)14-16-12(17-18-14)8-19-10-5-3-2-4-6-10/h2-7H,8,15H2,1H3. The normalized spacial score (nSPS) is 10.8. The van der Waals surface area contributed by atoms with Crippen LogP contribution in [0.3, 0.4) is 0 Å². The number of aryl methyl sites for hydroxylation is 1. The molecule has 0 aliphatic carbocycles. The predicted octanol–water partition coefficient (Wildman–Crippen LogP) is 3.98. The van der Waals surface area contributed by atoms with E-state index in [4.69, 9.17) is 10.3 Å². The monoisotopic (exact) mass is 303 g/mol. The van der Waals surface area contributed by atoms with Gasteiger partial charge in [0, 0.05) is 4.90 Å². The van der Waals surface area contributed by atoms with E-state index in [1.165, 1.54) is 16.2 Å². The summed E-state index contributed by atoms with van der Waals surface area (Å²) in [4.78, 5) is 6.57. The molecular formula is C14H13N3OS2. The van der Waals surface area contributed by atoms with Crippen molar-refractivity contribution >= 4 is 28.1 Å². The van der Waals surface area contributed by atoms with Crippen LogP contribution in [0.5, 0.6) is 0 Å². The van der Waals surface area contributed by atoms with Gasteiger partial charge in [-0.2, -0.15) is 4.98 Å². The minimum absolute atomic E-state index is 0.549. The van der Waals surface area contributed by atoms with Crippen LogP contribution in [0.15, 0.2) is 45.8 Å². The second kappa shape index (κ2) is 5.68. The van der Waals surface area contributed by atoms with Gasteiger partial charge in [0.2, 0.25) is 0 Å². The Morgan fingerprint density at radius 2 is 2.10 bits per heavy atom. The van der Waals surface area contributed by atoms with Gasteiger partial charge < -0.3 is 10.3 Å². The number of thiophene rings is 1. The molecule has 0 radical (unpaired) electrons. The highest BCUT2D eigenvalue weighted by atomic mass is 32.2. The Bertz CT molecular complexity index is 706. The molecule has 0 atom stereocenters. The first-order valence-corrected chi connectivity index (χ1v) is 7.89. The predicted molar refractivity (Wildman–Crippen MR) is 82.8 cm³/mol. The molecule has 0 spiro atoms. The van der Waals surface area contributed by atoms with E-state index in [0.29, 0.717) is 17.5 Å². The quantitative estimate of drug-likeness (QED) is 0.738. The van der Waals surface area contributed by atoms with E-state index in [1.54, 1.807) is 11.8 Å². The molecule has 2 aromatic heterocycles. The van der Waals surface area contributed by atoms with Crippen LogP contribution >= 0.6 is 23.1 Å². The molecule has 3 aromatic rings. The molecule has 4 nitrogen and oxygen atoms in total. The van der Waals surface area contributed by atoms with E-state index < -0.39 is 0 Å². The first-order valence-electron chi connectivity index (χ1n) is 6.09. The van der Waals surface area contributed by atoms with E-state index >= 15 is 0 Å². The molecule has 1 aromatic carbocycles. The van der Waals surface area contributed by atoms with Crippen LogP contribution in [-0.2, 0) is 5.75 Å². The minimum Gasteiger partial charge on any atom is -0.391 e. The Hall–Kier alpha value is -1.79. The fourth-order valence-electron chi connectivity index (χ4n) is 1.79. The zero-order chi connectivity index (χ0) is 13.9. The Balaban J connectivity index is 1.73. The van der Waals surface area contributed by atoms with Gasteiger partial charge in [0.25, 0.3) is 5.89 Å². The van der Waals surface area contributed by atoms with Gasteiger partial charge in [0.1, 0.15) is 0 Å². The van der Waals surface area contributed by atoms with Crippen molar-refractivity contribution in [2.75, 3.05) is 5.73 Å². The van der Waals surface area contributed by atoms with Crippen LogP contribution in [0.1, 0.15) is 11.4 Å². The molecule has 0 bridgehead atoms. The van der Waals surface area contributed by atoms with E-state index in [1.807, 2.05) is 31.2 Å². The largest absolute Gasteiger partial charge is 0.391 e. The summed E-state index contributed by atoms with van der Waals surface area (Å²) >= 11 is 3.16. The van der Waals surface area contributed by atoms with Crippen molar-refractivity contribution < 1.29 is 4.52 Å². The van der Waals surface area contributed by atoms with Gasteiger partial charge in [0.05, 0.1) is 15.6 Å². The van der Waals surface area contributed by atoms with Crippen molar-refractivity contribution in [3.63, 3.8) is 0 Å². The summed E-state index contributed by atoms with van der Waals surface area (Å²) in [6.07, 6.45) is 0. The Kier molecular flexibility index (Phi) is 3.75. The summed E-state index contributed by atoms with van der Waals surface area (Å²) in [5.41, 5.74) is 6.85. The number of nitrogens with two attached hydrogens (primary N) is 1. The fraction of sp³-hybridized carbons (Fsp3) is 0.143. The van der Waals surface area contributed by atoms with Crippen molar-refractivity contribution in [2.24, 2.45) is 0 Å². The SMILES string of the molecule is Cc1cc(N)sc1-c1nc(CSc2ccccc2)no1. The first kappa shape index (κ1) is 13.2. The first-order chi connectivity index (χ1) is 9.72. The van der Waals surface area contributed by atoms with Gasteiger partial charge in [-0.15, -0.1) is 23.1 Å². The van der Waals surface area contributed by atoms with Crippen LogP contribution in [0.4, 0.5) is 5.00 Å². The van der Waals surface area contributed by atoms with Gasteiger partial charge in [-0.25, -0.2) is 0 Å². The number of nitrogens with zero attached hydrogens (tertiary/aromatic N) is 2. The summed E-state index contributed by atoms with van der Waals surface area (Å²) in [5.74, 6) is 1.93. The maximum atomic E-state index is 5.78. The van der Waals surface area contributed by atoms with Crippen LogP contribution in [0.25, 0.3) is 10.8 Å². The summed E-state index contributed by atoms with van der Waals surface area (Å²) in [7, 11) is 0. The van der Waals surface area contributed by atoms with Crippen molar-refractivity contribution in [1.82, 2.24) is 10.1 Å². The van der Waals surface area contributed by atoms with Crippen LogP contribution in [0, 0.1) is 6.92 Å². The molecule has 102 valence electrons. The van der Waals surface area contributed by atoms with Crippen molar-refractivity contribution in [1.29, 1.82) is 0 Å². The number of nitrogen functional groups attached to an aromatic ring is 1. The van der Waals surface area contributed by atoms with Crippen LogP contribution < -0.4 is 5.73 Å². The third-order valence-corrected chi connectivity index (χ3v) is 4.77. The summed E-state index contributed by atoms with van der Waals surface area (Å²) in [5, 5.41) is 4.78. The summed E-state index contributed by atoms with van der Waals surface area (Å²) in [6.45, 7) is 1.99. The average molecular weight is 303 g/mol. The van der Waals surface area contributed by atoms with Gasteiger partial charge in [0.15, 0.2) is 5.82 Å². The molecule has 0 aliphatic heterocycles. The number of thioether (sulfide) groups is 1. The third kappa shape index (κ3) is 2.86. The molecule has 0 fully saturated rings. The molecule has 0 saturated carbocycles. The molecule has 0 aliphatic rings. The number of benzene rings is 1. The Morgan fingerprint density at radius 1 is 1.30 bits per heavy atom. The highest BCUT2D eigenvalue weighted by molar-refractivity contribution is 7.98. The van der Waals surface area contributed by atoms with E-state index in [-0.39, 0.29) is 0 Å². The molecule has 6 heteroatoms. The molecule has 0 amide bonds. The highest BCUT2D eigenvalue weighted by Gasteiger charge is 2.14. The number of hydrogen-bond acceptors (Lipinski definition) is 6. The van der Waals surface area contributed by atoms with E-state index in [0.717, 1.165) is 15.4 Å². The molecule has 20 heavy (non-hydrogen) atoms. The van der Waals surface area contributed by atoms with Gasteiger partial charge in [-0.1, -0.05) is 23.4 Å². The zero-order valence-corrected chi connectivity index (χ0v) is 12.5. The maximum absolute atomic E-state index is 5.78. The second-order valence-electron chi connectivity index (χ2n) is 4.28. The topological polar surface area (TPSA) is 64.9 Å². The van der Waals surface area contributed by atoms with E-state index in [2.05, 4.69) is 22.3 Å². The third-order valence-electron chi connectivity index (χ3n) is 2.71. The number of hydrogen-bond donors (Lipinski definition) is 1. The maximum Gasteiger partial charge on any atom is 0.268 e. The second-order valence-corrected chi connectivity index (χ2v) is 6.41. The Morgan fingerprint density at radius 3 is 2.80 bits per heavy atom. The summed E-state index contributed by atoms with van der Waals surface area (Å²) < 4.78 is 5.31. The molecule has 2 N–H and O–H groups in total. The lowest BCUT2D eigenvalue weighted by Crippen LogP contribution is -1.83. The minimum atomic E-state index is 0.549. The Labute approximate surface area is 125 Å². The zero-order valence-electron chi connectivity index (χ0n) is 10.9. The van der Waals surface area contributed by atoms with Gasteiger partial charge in [-0.3, -0.25) is 0 Å². The fourth-order valence-corrected chi connectivity index (χ4v) is 3.41. The van der Waals surface area contributed by atoms with Crippen molar-refractivity contribution in [3.05, 3.63) is 47.8 Å². The molecular weight excluding hydrogens is 290 g/mol. The average Bonchev–Trinajstić information content (AvgIpc) is 3.04. The molecule has 2 heterocycles. The van der Waals surface area contributed by atoms with Crippen LogP contribution in [-0.4, -0.2) is 10.1 Å².